The predicted molar refractivity (Wildman–Crippen MR) is 134 cm³/mol. The summed E-state index contributed by atoms with van der Waals surface area (Å²) in [5.41, 5.74) is 2.20. The third-order valence-electron chi connectivity index (χ3n) is 6.36. The van der Waals surface area contributed by atoms with E-state index in [1.165, 1.54) is 0 Å². The second-order valence-corrected chi connectivity index (χ2v) is 9.37. The van der Waals surface area contributed by atoms with Crippen LogP contribution in [-0.4, -0.2) is 32.6 Å². The summed E-state index contributed by atoms with van der Waals surface area (Å²) in [4.78, 5) is 42.4. The Morgan fingerprint density at radius 1 is 1.17 bits per heavy atom. The van der Waals surface area contributed by atoms with Crippen LogP contribution < -0.4 is 16.0 Å². The average molecular weight is 487 g/mol. The molecule has 36 heavy (non-hydrogen) atoms. The Hall–Kier alpha value is -4.47. The fraction of sp³-hybridized carbons (Fsp3) is 0.269. The van der Waals surface area contributed by atoms with Crippen molar-refractivity contribution in [1.29, 1.82) is 0 Å². The number of aryl methyl sites for hydroxylation is 2. The van der Waals surface area contributed by atoms with Gasteiger partial charge in [-0.1, -0.05) is 12.1 Å². The van der Waals surface area contributed by atoms with Gasteiger partial charge in [0.05, 0.1) is 22.8 Å². The highest BCUT2D eigenvalue weighted by Crippen LogP contribution is 2.31. The van der Waals surface area contributed by atoms with Crippen LogP contribution in [-0.2, 0) is 10.3 Å². The van der Waals surface area contributed by atoms with Gasteiger partial charge in [0, 0.05) is 17.3 Å². The first-order valence-corrected chi connectivity index (χ1v) is 11.6. The number of nitrogens with one attached hydrogen (secondary N) is 3. The first-order chi connectivity index (χ1) is 17.1. The Bertz CT molecular complexity index is 1550. The maximum absolute atomic E-state index is 13.6. The highest BCUT2D eigenvalue weighted by atomic mass is 16.3. The van der Waals surface area contributed by atoms with Crippen LogP contribution in [0.25, 0.3) is 22.3 Å². The van der Waals surface area contributed by atoms with Crippen molar-refractivity contribution in [2.75, 3.05) is 5.32 Å². The SMILES string of the molecule is Cc1cc(-c2cc(C(=O)Nc3cccc(C4(C)NC(=O)NC4=O)c3)c3cnn(C(C)C)c3n2)c(C)o1. The lowest BCUT2D eigenvalue weighted by atomic mass is 9.92. The van der Waals surface area contributed by atoms with Crippen LogP contribution in [0.1, 0.15) is 54.3 Å². The molecule has 4 aromatic rings. The molecule has 1 aliphatic rings. The molecule has 0 radical (unpaired) electrons. The first-order valence-electron chi connectivity index (χ1n) is 11.6. The van der Waals surface area contributed by atoms with Crippen LogP contribution in [0.15, 0.2) is 47.0 Å². The quantitative estimate of drug-likeness (QED) is 0.363. The number of aromatic nitrogens is 3. The topological polar surface area (TPSA) is 131 Å². The number of carbonyl (C=O) groups excluding carboxylic acids is 3. The lowest BCUT2D eigenvalue weighted by molar-refractivity contribution is -0.123. The average Bonchev–Trinajstić information content (AvgIpc) is 3.47. The summed E-state index contributed by atoms with van der Waals surface area (Å²) < 4.78 is 7.48. The number of rotatable bonds is 5. The third kappa shape index (κ3) is 3.80. The lowest BCUT2D eigenvalue weighted by Crippen LogP contribution is -2.40. The van der Waals surface area contributed by atoms with Gasteiger partial charge in [-0.3, -0.25) is 14.9 Å². The predicted octanol–water partition coefficient (Wildman–Crippen LogP) is 4.20. The van der Waals surface area contributed by atoms with Gasteiger partial charge in [0.2, 0.25) is 0 Å². The van der Waals surface area contributed by atoms with Gasteiger partial charge in [-0.05, 0) is 64.4 Å². The Balaban J connectivity index is 1.56. The van der Waals surface area contributed by atoms with Crippen molar-refractivity contribution in [3.63, 3.8) is 0 Å². The molecule has 3 aromatic heterocycles. The van der Waals surface area contributed by atoms with Gasteiger partial charge in [-0.15, -0.1) is 0 Å². The van der Waals surface area contributed by atoms with Crippen LogP contribution in [0, 0.1) is 13.8 Å². The third-order valence-corrected chi connectivity index (χ3v) is 6.36. The van der Waals surface area contributed by atoms with Crippen molar-refractivity contribution in [3.05, 3.63) is 65.2 Å². The van der Waals surface area contributed by atoms with Crippen molar-refractivity contribution in [2.45, 2.75) is 46.2 Å². The van der Waals surface area contributed by atoms with E-state index in [4.69, 9.17) is 9.40 Å². The van der Waals surface area contributed by atoms with E-state index in [1.54, 1.807) is 48.1 Å². The van der Waals surface area contributed by atoms with E-state index in [2.05, 4.69) is 21.0 Å². The zero-order chi connectivity index (χ0) is 25.8. The van der Waals surface area contributed by atoms with Gasteiger partial charge in [-0.25, -0.2) is 14.5 Å². The minimum Gasteiger partial charge on any atom is -0.466 e. The van der Waals surface area contributed by atoms with Crippen molar-refractivity contribution in [2.24, 2.45) is 0 Å². The molecule has 1 unspecified atom stereocenters. The van der Waals surface area contributed by atoms with E-state index in [0.717, 1.165) is 11.3 Å². The second kappa shape index (κ2) is 8.33. The van der Waals surface area contributed by atoms with E-state index in [9.17, 15) is 14.4 Å². The van der Waals surface area contributed by atoms with E-state index >= 15 is 0 Å². The number of fused-ring (bicyclic) bond motifs is 1. The molecule has 1 fully saturated rings. The molecule has 1 aromatic carbocycles. The normalized spacial score (nSPS) is 17.5. The lowest BCUT2D eigenvalue weighted by Gasteiger charge is -2.21. The Morgan fingerprint density at radius 3 is 2.58 bits per heavy atom. The first kappa shape index (κ1) is 23.3. The summed E-state index contributed by atoms with van der Waals surface area (Å²) in [6, 6.07) is 9.94. The fourth-order valence-corrected chi connectivity index (χ4v) is 4.46. The highest BCUT2D eigenvalue weighted by molar-refractivity contribution is 6.13. The second-order valence-electron chi connectivity index (χ2n) is 9.37. The van der Waals surface area contributed by atoms with Crippen LogP contribution >= 0.6 is 0 Å². The number of pyridine rings is 1. The number of imide groups is 1. The maximum atomic E-state index is 13.6. The fourth-order valence-electron chi connectivity index (χ4n) is 4.46. The monoisotopic (exact) mass is 486 g/mol. The van der Waals surface area contributed by atoms with E-state index in [1.807, 2.05) is 33.8 Å². The maximum Gasteiger partial charge on any atom is 0.322 e. The molecule has 5 rings (SSSR count). The van der Waals surface area contributed by atoms with Gasteiger partial charge in [0.1, 0.15) is 17.1 Å². The summed E-state index contributed by atoms with van der Waals surface area (Å²) in [5.74, 6) is 0.649. The molecule has 0 aliphatic carbocycles. The largest absolute Gasteiger partial charge is 0.466 e. The molecule has 0 spiro atoms. The molecule has 0 saturated carbocycles. The molecule has 10 heteroatoms. The standard InChI is InChI=1S/C26H26N6O4/c1-13(2)32-22-20(12-27-32)19(11-21(29-22)18-9-14(3)36-15(18)4)23(33)28-17-8-6-7-16(10-17)26(5)24(34)30-25(35)31-26/h6-13H,1-5H3,(H,28,33)(H2,30,31,34,35). The van der Waals surface area contributed by atoms with E-state index in [-0.39, 0.29) is 11.9 Å². The van der Waals surface area contributed by atoms with Crippen LogP contribution in [0.5, 0.6) is 0 Å². The van der Waals surface area contributed by atoms with Crippen LogP contribution in [0.2, 0.25) is 0 Å². The molecule has 184 valence electrons. The molecule has 1 aliphatic heterocycles. The van der Waals surface area contributed by atoms with Crippen molar-refractivity contribution < 1.29 is 18.8 Å². The van der Waals surface area contributed by atoms with E-state index in [0.29, 0.717) is 39.3 Å². The summed E-state index contributed by atoms with van der Waals surface area (Å²) in [7, 11) is 0. The van der Waals surface area contributed by atoms with Gasteiger partial charge < -0.3 is 15.1 Å². The van der Waals surface area contributed by atoms with Gasteiger partial charge >= 0.3 is 6.03 Å². The molecule has 0 bridgehead atoms. The Morgan fingerprint density at radius 2 is 1.94 bits per heavy atom. The molecular formula is C26H26N6O4. The number of hydrogen-bond donors (Lipinski definition) is 3. The van der Waals surface area contributed by atoms with Crippen molar-refractivity contribution in [1.82, 2.24) is 25.4 Å². The minimum atomic E-state index is -1.23. The molecule has 10 nitrogen and oxygen atoms in total. The molecule has 3 N–H and O–H groups in total. The molecule has 1 atom stereocenters. The number of benzene rings is 1. The van der Waals surface area contributed by atoms with Gasteiger partial charge in [-0.2, -0.15) is 5.10 Å². The smallest absolute Gasteiger partial charge is 0.322 e. The summed E-state index contributed by atoms with van der Waals surface area (Å²) >= 11 is 0. The van der Waals surface area contributed by atoms with E-state index < -0.39 is 17.5 Å². The van der Waals surface area contributed by atoms with Crippen molar-refractivity contribution in [3.8, 4) is 11.3 Å². The number of hydrogen-bond acceptors (Lipinski definition) is 6. The molecule has 4 amide bonds. The Kier molecular flexibility index (Phi) is 5.39. The zero-order valence-corrected chi connectivity index (χ0v) is 20.6. The molecular weight excluding hydrogens is 460 g/mol. The summed E-state index contributed by atoms with van der Waals surface area (Å²) in [6.07, 6.45) is 1.64. The van der Waals surface area contributed by atoms with Crippen LogP contribution in [0.3, 0.4) is 0 Å². The zero-order valence-electron chi connectivity index (χ0n) is 20.6. The number of nitrogens with zero attached hydrogens (tertiary/aromatic N) is 3. The number of amides is 4. The summed E-state index contributed by atoms with van der Waals surface area (Å²) in [6.45, 7) is 9.33. The molecule has 4 heterocycles. The number of furan rings is 1. The van der Waals surface area contributed by atoms with Crippen molar-refractivity contribution >= 4 is 34.6 Å². The van der Waals surface area contributed by atoms with Gasteiger partial charge in [0.15, 0.2) is 5.65 Å². The highest BCUT2D eigenvalue weighted by Gasteiger charge is 2.43. The number of urea groups is 1. The number of anilines is 1. The minimum absolute atomic E-state index is 0.0403. The Labute approximate surface area is 207 Å². The van der Waals surface area contributed by atoms with Crippen LogP contribution in [0.4, 0.5) is 10.5 Å². The van der Waals surface area contributed by atoms with Gasteiger partial charge in [0.25, 0.3) is 11.8 Å². The molecule has 1 saturated heterocycles. The number of carbonyl (C=O) groups is 3. The summed E-state index contributed by atoms with van der Waals surface area (Å²) in [5, 5.41) is 12.9.